The van der Waals surface area contributed by atoms with Crippen LogP contribution in [0, 0.1) is 21.4 Å². The van der Waals surface area contributed by atoms with Gasteiger partial charge >= 0.3 is 0 Å². The number of nitrogens with zero attached hydrogens (tertiary/aromatic N) is 4. The minimum Gasteiger partial charge on any atom is -0.292 e. The van der Waals surface area contributed by atoms with Crippen LogP contribution < -0.4 is 0 Å². The van der Waals surface area contributed by atoms with Gasteiger partial charge in [-0.1, -0.05) is 54.2 Å². The lowest BCUT2D eigenvalue weighted by Crippen LogP contribution is -2.46. The molecule has 0 N–H and O–H groups in total. The van der Waals surface area contributed by atoms with Crippen LogP contribution in [0.25, 0.3) is 0 Å². The Labute approximate surface area is 172 Å². The summed E-state index contributed by atoms with van der Waals surface area (Å²) < 4.78 is 0. The minimum atomic E-state index is -0.462. The number of benzene rings is 2. The molecule has 1 amide bonds. The average Bonchev–Trinajstić information content (AvgIpc) is 2.74. The van der Waals surface area contributed by atoms with Gasteiger partial charge in [0.15, 0.2) is 0 Å². The third-order valence-corrected chi connectivity index (χ3v) is 6.29. The molecule has 1 unspecified atom stereocenters. The Morgan fingerprint density at radius 2 is 2.00 bits per heavy atom. The van der Waals surface area contributed by atoms with Crippen LogP contribution in [0.15, 0.2) is 65.2 Å². The minimum absolute atomic E-state index is 0.0370. The first kappa shape index (κ1) is 19.2. The molecule has 1 fully saturated rings. The lowest BCUT2D eigenvalue weighted by Gasteiger charge is -2.41. The average molecular weight is 406 g/mol. The van der Waals surface area contributed by atoms with Crippen molar-refractivity contribution in [2.24, 2.45) is 0 Å². The molecule has 0 bridgehead atoms. The normalized spacial score (nSPS) is 19.6. The zero-order valence-corrected chi connectivity index (χ0v) is 16.3. The van der Waals surface area contributed by atoms with Crippen molar-refractivity contribution < 1.29 is 9.72 Å². The van der Waals surface area contributed by atoms with Crippen LogP contribution in [-0.4, -0.2) is 33.2 Å². The van der Waals surface area contributed by atoms with E-state index < -0.39 is 10.8 Å². The van der Waals surface area contributed by atoms with Gasteiger partial charge in [0, 0.05) is 31.0 Å². The first-order valence-corrected chi connectivity index (χ1v) is 10.1. The highest BCUT2D eigenvalue weighted by Gasteiger charge is 2.38. The van der Waals surface area contributed by atoms with Crippen molar-refractivity contribution in [3.05, 3.63) is 86.4 Å². The fraction of sp³-hybridized carbons (Fsp3) is 0.238. The van der Waals surface area contributed by atoms with E-state index in [0.717, 1.165) is 6.54 Å². The highest BCUT2D eigenvalue weighted by atomic mass is 32.2. The molecule has 1 atom stereocenters. The highest BCUT2D eigenvalue weighted by Crippen LogP contribution is 2.43. The molecule has 0 radical (unpaired) electrons. The maximum atomic E-state index is 12.9. The molecule has 2 aromatic rings. The number of rotatable bonds is 4. The largest absolute Gasteiger partial charge is 0.292 e. The number of amides is 1. The monoisotopic (exact) mass is 406 g/mol. The fourth-order valence-corrected chi connectivity index (χ4v) is 4.83. The van der Waals surface area contributed by atoms with Gasteiger partial charge < -0.3 is 0 Å². The lowest BCUT2D eigenvalue weighted by atomic mass is 9.86. The maximum absolute atomic E-state index is 12.9. The molecular weight excluding hydrogens is 388 g/mol. The summed E-state index contributed by atoms with van der Waals surface area (Å²) in [4.78, 5) is 27.4. The van der Waals surface area contributed by atoms with Gasteiger partial charge in [-0.15, -0.1) is 0 Å². The second kappa shape index (κ2) is 8.07. The Kier molecular flexibility index (Phi) is 5.34. The van der Waals surface area contributed by atoms with Gasteiger partial charge in [0.25, 0.3) is 5.69 Å². The highest BCUT2D eigenvalue weighted by molar-refractivity contribution is 8.03. The van der Waals surface area contributed by atoms with E-state index in [1.54, 1.807) is 17.0 Å². The Morgan fingerprint density at radius 3 is 2.72 bits per heavy atom. The van der Waals surface area contributed by atoms with Crippen LogP contribution in [0.3, 0.4) is 0 Å². The first-order chi connectivity index (χ1) is 14.1. The van der Waals surface area contributed by atoms with Gasteiger partial charge in [0.05, 0.1) is 34.1 Å². The predicted molar refractivity (Wildman–Crippen MR) is 109 cm³/mol. The first-order valence-electron chi connectivity index (χ1n) is 9.15. The molecule has 1 saturated heterocycles. The number of allylic oxidation sites excluding steroid dienone is 1. The van der Waals surface area contributed by atoms with Crippen LogP contribution in [0.1, 0.15) is 23.5 Å². The zero-order valence-electron chi connectivity index (χ0n) is 15.5. The number of nitriles is 1. The summed E-state index contributed by atoms with van der Waals surface area (Å²) in [6.45, 7) is 1.16. The molecule has 0 saturated carbocycles. The van der Waals surface area contributed by atoms with Crippen molar-refractivity contribution in [2.45, 2.75) is 18.9 Å². The number of fused-ring (bicyclic) bond motifs is 1. The number of nitro groups is 1. The molecule has 8 heteroatoms. The summed E-state index contributed by atoms with van der Waals surface area (Å²) in [6.07, 6.45) is 0.132. The molecule has 2 aliphatic rings. The number of hydrogen-bond acceptors (Lipinski definition) is 6. The zero-order chi connectivity index (χ0) is 20.4. The number of carbonyl (C=O) groups excluding carboxylic acids is 1. The van der Waals surface area contributed by atoms with E-state index in [-0.39, 0.29) is 18.0 Å². The molecule has 0 spiro atoms. The smallest absolute Gasteiger partial charge is 0.269 e. The van der Waals surface area contributed by atoms with Crippen molar-refractivity contribution in [2.75, 3.05) is 12.5 Å². The number of hydrogen-bond donors (Lipinski definition) is 0. The van der Waals surface area contributed by atoms with Crippen LogP contribution >= 0.6 is 11.8 Å². The van der Waals surface area contributed by atoms with Crippen molar-refractivity contribution in [1.82, 2.24) is 9.80 Å². The van der Waals surface area contributed by atoms with E-state index in [2.05, 4.69) is 11.0 Å². The Bertz CT molecular complexity index is 1030. The Morgan fingerprint density at radius 1 is 1.21 bits per heavy atom. The van der Waals surface area contributed by atoms with Crippen LogP contribution in [0.4, 0.5) is 5.69 Å². The summed E-state index contributed by atoms with van der Waals surface area (Å²) in [7, 11) is 0. The van der Waals surface area contributed by atoms with Gasteiger partial charge in [0.1, 0.15) is 0 Å². The van der Waals surface area contributed by atoms with E-state index in [9.17, 15) is 20.2 Å². The molecule has 29 heavy (non-hydrogen) atoms. The SMILES string of the molecule is N#CC1=C2SCN(Cc3ccccc3)CN2C(=O)CC1c1cccc([N+](=O)[O-])c1. The standard InChI is InChI=1S/C21H18N4O3S/c22-11-19-18(16-7-4-8-17(9-16)25(27)28)10-20(26)24-13-23(14-29-21(19)24)12-15-5-2-1-3-6-15/h1-9,18H,10,12-14H2. The maximum Gasteiger partial charge on any atom is 0.269 e. The molecule has 0 aliphatic carbocycles. The van der Waals surface area contributed by atoms with Crippen molar-refractivity contribution >= 4 is 23.4 Å². The second-order valence-electron chi connectivity index (χ2n) is 6.99. The predicted octanol–water partition coefficient (Wildman–Crippen LogP) is 3.81. The van der Waals surface area contributed by atoms with Gasteiger partial charge in [0.2, 0.25) is 5.91 Å². The van der Waals surface area contributed by atoms with Gasteiger partial charge in [-0.05, 0) is 11.1 Å². The molecule has 146 valence electrons. The summed E-state index contributed by atoms with van der Waals surface area (Å²) in [5, 5.41) is 21.6. The van der Waals surface area contributed by atoms with Gasteiger partial charge in [-0.3, -0.25) is 24.7 Å². The number of nitro benzene ring substituents is 1. The molecule has 2 aromatic carbocycles. The number of non-ortho nitro benzene ring substituents is 1. The third kappa shape index (κ3) is 3.88. The van der Waals surface area contributed by atoms with E-state index in [1.807, 2.05) is 30.3 Å². The van der Waals surface area contributed by atoms with E-state index >= 15 is 0 Å². The van der Waals surface area contributed by atoms with Crippen LogP contribution in [-0.2, 0) is 11.3 Å². The van der Waals surface area contributed by atoms with Crippen molar-refractivity contribution in [3.63, 3.8) is 0 Å². The molecular formula is C21H18N4O3S. The third-order valence-electron chi connectivity index (χ3n) is 5.08. The van der Waals surface area contributed by atoms with Crippen LogP contribution in [0.5, 0.6) is 0 Å². The van der Waals surface area contributed by atoms with E-state index in [1.165, 1.54) is 29.5 Å². The summed E-state index contributed by atoms with van der Waals surface area (Å²) in [5.41, 5.74) is 2.27. The van der Waals surface area contributed by atoms with E-state index in [0.29, 0.717) is 28.7 Å². The van der Waals surface area contributed by atoms with Crippen LogP contribution in [0.2, 0.25) is 0 Å². The fourth-order valence-electron chi connectivity index (χ4n) is 3.69. The van der Waals surface area contributed by atoms with Gasteiger partial charge in [-0.2, -0.15) is 5.26 Å². The lowest BCUT2D eigenvalue weighted by molar-refractivity contribution is -0.384. The van der Waals surface area contributed by atoms with Crippen molar-refractivity contribution in [3.8, 4) is 6.07 Å². The molecule has 7 nitrogen and oxygen atoms in total. The van der Waals surface area contributed by atoms with Crippen molar-refractivity contribution in [1.29, 1.82) is 5.26 Å². The van der Waals surface area contributed by atoms with Gasteiger partial charge in [-0.25, -0.2) is 0 Å². The van der Waals surface area contributed by atoms with E-state index in [4.69, 9.17) is 0 Å². The Balaban J connectivity index is 1.61. The molecule has 4 rings (SSSR count). The Hall–Kier alpha value is -3.15. The summed E-state index contributed by atoms with van der Waals surface area (Å²) in [6, 6.07) is 18.5. The molecule has 0 aromatic heterocycles. The number of thioether (sulfide) groups is 1. The molecule has 2 aliphatic heterocycles. The number of carbonyl (C=O) groups is 1. The quantitative estimate of drug-likeness (QED) is 0.566. The topological polar surface area (TPSA) is 90.5 Å². The second-order valence-corrected chi connectivity index (χ2v) is 7.92. The summed E-state index contributed by atoms with van der Waals surface area (Å²) in [5.74, 6) is 0.147. The molecule has 2 heterocycles. The summed E-state index contributed by atoms with van der Waals surface area (Å²) >= 11 is 1.47.